The lowest BCUT2D eigenvalue weighted by atomic mass is 10.0. The maximum atomic E-state index is 13.9. The van der Waals surface area contributed by atoms with Gasteiger partial charge in [-0.2, -0.15) is 0 Å². The maximum absolute atomic E-state index is 13.9. The van der Waals surface area contributed by atoms with Crippen molar-refractivity contribution in [2.45, 2.75) is 6.92 Å². The SMILES string of the molecule is COc1cc2c(Cl)c(C)c(-c3ccccc3)nc2cc1F. The van der Waals surface area contributed by atoms with Crippen LogP contribution in [0.5, 0.6) is 5.75 Å². The quantitative estimate of drug-likeness (QED) is 0.663. The standard InChI is InChI=1S/C17H13ClFNO/c1-10-16(18)12-8-15(21-2)13(19)9-14(12)20-17(10)11-6-4-3-5-7-11/h3-9H,1-2H3. The molecular weight excluding hydrogens is 289 g/mol. The Kier molecular flexibility index (Phi) is 3.52. The zero-order valence-electron chi connectivity index (χ0n) is 11.7. The third-order valence-electron chi connectivity index (χ3n) is 3.47. The van der Waals surface area contributed by atoms with Gasteiger partial charge in [0.05, 0.1) is 23.3 Å². The van der Waals surface area contributed by atoms with Crippen molar-refractivity contribution in [3.8, 4) is 17.0 Å². The molecule has 1 heterocycles. The summed E-state index contributed by atoms with van der Waals surface area (Å²) in [7, 11) is 1.43. The minimum Gasteiger partial charge on any atom is -0.494 e. The average molecular weight is 302 g/mol. The molecule has 0 unspecified atom stereocenters. The summed E-state index contributed by atoms with van der Waals surface area (Å²) in [5.41, 5.74) is 3.10. The number of rotatable bonds is 2. The molecule has 2 nitrogen and oxygen atoms in total. The van der Waals surface area contributed by atoms with Gasteiger partial charge in [-0.25, -0.2) is 9.37 Å². The second-order valence-electron chi connectivity index (χ2n) is 4.77. The predicted molar refractivity (Wildman–Crippen MR) is 83.4 cm³/mol. The minimum atomic E-state index is -0.448. The van der Waals surface area contributed by atoms with Crippen LogP contribution in [0.15, 0.2) is 42.5 Å². The van der Waals surface area contributed by atoms with E-state index in [0.717, 1.165) is 16.8 Å². The zero-order chi connectivity index (χ0) is 15.0. The Morgan fingerprint density at radius 1 is 1.14 bits per heavy atom. The molecule has 106 valence electrons. The van der Waals surface area contributed by atoms with Crippen molar-refractivity contribution in [1.29, 1.82) is 0 Å². The van der Waals surface area contributed by atoms with E-state index < -0.39 is 5.82 Å². The molecule has 0 aliphatic heterocycles. The van der Waals surface area contributed by atoms with Gasteiger partial charge in [0.15, 0.2) is 11.6 Å². The van der Waals surface area contributed by atoms with E-state index in [0.29, 0.717) is 15.9 Å². The molecular formula is C17H13ClFNO. The number of hydrogen-bond donors (Lipinski definition) is 0. The molecule has 4 heteroatoms. The fraction of sp³-hybridized carbons (Fsp3) is 0.118. The molecule has 3 rings (SSSR count). The lowest BCUT2D eigenvalue weighted by molar-refractivity contribution is 0.387. The Morgan fingerprint density at radius 3 is 2.52 bits per heavy atom. The number of aromatic nitrogens is 1. The molecule has 0 bridgehead atoms. The van der Waals surface area contributed by atoms with Crippen molar-refractivity contribution >= 4 is 22.5 Å². The highest BCUT2D eigenvalue weighted by Gasteiger charge is 2.14. The van der Waals surface area contributed by atoms with Crippen LogP contribution in [0.3, 0.4) is 0 Å². The minimum absolute atomic E-state index is 0.165. The van der Waals surface area contributed by atoms with Gasteiger partial charge in [-0.1, -0.05) is 41.9 Å². The van der Waals surface area contributed by atoms with Crippen molar-refractivity contribution in [3.05, 3.63) is 58.9 Å². The first-order valence-electron chi connectivity index (χ1n) is 6.50. The van der Waals surface area contributed by atoms with Gasteiger partial charge in [0.1, 0.15) is 0 Å². The first-order valence-corrected chi connectivity index (χ1v) is 6.88. The summed E-state index contributed by atoms with van der Waals surface area (Å²) >= 11 is 6.44. The number of methoxy groups -OCH3 is 1. The third kappa shape index (κ3) is 2.34. The number of ether oxygens (including phenoxy) is 1. The topological polar surface area (TPSA) is 22.1 Å². The molecule has 0 atom stereocenters. The van der Waals surface area contributed by atoms with E-state index in [1.807, 2.05) is 37.3 Å². The van der Waals surface area contributed by atoms with E-state index in [1.54, 1.807) is 6.07 Å². The largest absolute Gasteiger partial charge is 0.494 e. The monoisotopic (exact) mass is 301 g/mol. The number of benzene rings is 2. The number of nitrogens with zero attached hydrogens (tertiary/aromatic N) is 1. The maximum Gasteiger partial charge on any atom is 0.167 e. The van der Waals surface area contributed by atoms with Gasteiger partial charge in [-0.05, 0) is 18.6 Å². The molecule has 3 aromatic rings. The average Bonchev–Trinajstić information content (AvgIpc) is 2.51. The van der Waals surface area contributed by atoms with Gasteiger partial charge < -0.3 is 4.74 Å². The van der Waals surface area contributed by atoms with Crippen LogP contribution < -0.4 is 4.74 Å². The van der Waals surface area contributed by atoms with E-state index in [9.17, 15) is 4.39 Å². The van der Waals surface area contributed by atoms with Crippen molar-refractivity contribution in [3.63, 3.8) is 0 Å². The highest BCUT2D eigenvalue weighted by atomic mass is 35.5. The number of fused-ring (bicyclic) bond motifs is 1. The van der Waals surface area contributed by atoms with E-state index >= 15 is 0 Å². The fourth-order valence-corrected chi connectivity index (χ4v) is 2.60. The van der Waals surface area contributed by atoms with Crippen LogP contribution in [0.25, 0.3) is 22.2 Å². The van der Waals surface area contributed by atoms with Gasteiger partial charge in [-0.15, -0.1) is 0 Å². The Morgan fingerprint density at radius 2 is 1.86 bits per heavy atom. The molecule has 1 aromatic heterocycles. The first kappa shape index (κ1) is 13.8. The highest BCUT2D eigenvalue weighted by molar-refractivity contribution is 6.36. The molecule has 0 aliphatic carbocycles. The number of hydrogen-bond acceptors (Lipinski definition) is 2. The number of pyridine rings is 1. The van der Waals surface area contributed by atoms with Crippen LogP contribution in [0.2, 0.25) is 5.02 Å². The lowest BCUT2D eigenvalue weighted by Gasteiger charge is -2.12. The van der Waals surface area contributed by atoms with E-state index in [2.05, 4.69) is 4.98 Å². The fourth-order valence-electron chi connectivity index (χ4n) is 2.35. The van der Waals surface area contributed by atoms with Gasteiger partial charge in [0, 0.05) is 17.0 Å². The smallest absolute Gasteiger partial charge is 0.167 e. The zero-order valence-corrected chi connectivity index (χ0v) is 12.4. The molecule has 0 fully saturated rings. The van der Waals surface area contributed by atoms with Crippen LogP contribution in [0, 0.1) is 12.7 Å². The Labute approximate surface area is 127 Å². The molecule has 0 N–H and O–H groups in total. The summed E-state index contributed by atoms with van der Waals surface area (Å²) in [5, 5.41) is 1.25. The Bertz CT molecular complexity index is 818. The van der Waals surface area contributed by atoms with Crippen LogP contribution in [0.4, 0.5) is 4.39 Å². The summed E-state index contributed by atoms with van der Waals surface area (Å²) < 4.78 is 18.9. The summed E-state index contributed by atoms with van der Waals surface area (Å²) in [4.78, 5) is 4.56. The summed E-state index contributed by atoms with van der Waals surface area (Å²) in [6.45, 7) is 1.91. The Balaban J connectivity index is 2.32. The molecule has 0 amide bonds. The predicted octanol–water partition coefficient (Wildman–Crippen LogP) is 5.01. The van der Waals surface area contributed by atoms with Crippen molar-refractivity contribution in [1.82, 2.24) is 4.98 Å². The number of halogens is 2. The van der Waals surface area contributed by atoms with Crippen LogP contribution in [-0.2, 0) is 0 Å². The van der Waals surface area contributed by atoms with Gasteiger partial charge in [0.25, 0.3) is 0 Å². The van der Waals surface area contributed by atoms with Crippen molar-refractivity contribution in [2.24, 2.45) is 0 Å². The van der Waals surface area contributed by atoms with Crippen molar-refractivity contribution < 1.29 is 9.13 Å². The summed E-state index contributed by atoms with van der Waals surface area (Å²) in [6.07, 6.45) is 0. The normalized spacial score (nSPS) is 10.9. The van der Waals surface area contributed by atoms with Crippen LogP contribution >= 0.6 is 11.6 Å². The van der Waals surface area contributed by atoms with E-state index in [4.69, 9.17) is 16.3 Å². The molecule has 2 aromatic carbocycles. The Hall–Kier alpha value is -2.13. The van der Waals surface area contributed by atoms with E-state index in [-0.39, 0.29) is 5.75 Å². The third-order valence-corrected chi connectivity index (χ3v) is 3.96. The molecule has 0 radical (unpaired) electrons. The molecule has 0 saturated carbocycles. The lowest BCUT2D eigenvalue weighted by Crippen LogP contribution is -1.95. The second-order valence-corrected chi connectivity index (χ2v) is 5.15. The van der Waals surface area contributed by atoms with Crippen LogP contribution in [0.1, 0.15) is 5.56 Å². The van der Waals surface area contributed by atoms with Crippen LogP contribution in [-0.4, -0.2) is 12.1 Å². The molecule has 0 spiro atoms. The van der Waals surface area contributed by atoms with Gasteiger partial charge >= 0.3 is 0 Å². The summed E-state index contributed by atoms with van der Waals surface area (Å²) in [5.74, 6) is -0.283. The van der Waals surface area contributed by atoms with Gasteiger partial charge in [-0.3, -0.25) is 0 Å². The summed E-state index contributed by atoms with van der Waals surface area (Å²) in [6, 6.07) is 12.7. The molecule has 21 heavy (non-hydrogen) atoms. The second kappa shape index (κ2) is 5.34. The van der Waals surface area contributed by atoms with E-state index in [1.165, 1.54) is 13.2 Å². The first-order chi connectivity index (χ1) is 10.1. The van der Waals surface area contributed by atoms with Crippen molar-refractivity contribution in [2.75, 3.05) is 7.11 Å². The highest BCUT2D eigenvalue weighted by Crippen LogP contribution is 2.35. The molecule has 0 aliphatic rings. The molecule has 0 saturated heterocycles. The van der Waals surface area contributed by atoms with Gasteiger partial charge in [0.2, 0.25) is 0 Å².